The van der Waals surface area contributed by atoms with Gasteiger partial charge in [-0.15, -0.1) is 12.4 Å². The second kappa shape index (κ2) is 8.72. The first-order valence-electron chi connectivity index (χ1n) is 7.24. The van der Waals surface area contributed by atoms with E-state index in [1.807, 2.05) is 0 Å². The fourth-order valence-electron chi connectivity index (χ4n) is 2.73. The first kappa shape index (κ1) is 22.9. The first-order chi connectivity index (χ1) is 12.0. The fourth-order valence-corrected chi connectivity index (χ4v) is 2.92. The standard InChI is InChI=1S/C14H13ClF3N3O5.ClH/c15-10-2-1-7(3-11(10)21(25)26)19-12(22)6-20-4-8(13(23)24)9(5-20)14(16,17)18;/h1-3,8-9H,4-6H2,(H,19,22)(H,23,24);1H/t8-,9-;/m1./s1. The number of likely N-dealkylation sites (tertiary alicyclic amines) is 1. The van der Waals surface area contributed by atoms with Crippen LogP contribution < -0.4 is 5.32 Å². The average molecular weight is 432 g/mol. The van der Waals surface area contributed by atoms with Gasteiger partial charge in [0.1, 0.15) is 5.02 Å². The Balaban J connectivity index is 0.00000364. The number of aliphatic carboxylic acids is 1. The third-order valence-electron chi connectivity index (χ3n) is 3.93. The minimum absolute atomic E-state index is 0. The van der Waals surface area contributed by atoms with Gasteiger partial charge >= 0.3 is 12.1 Å². The summed E-state index contributed by atoms with van der Waals surface area (Å²) in [6, 6.07) is 3.52. The van der Waals surface area contributed by atoms with E-state index in [-0.39, 0.29) is 23.1 Å². The smallest absolute Gasteiger partial charge is 0.393 e. The zero-order valence-electron chi connectivity index (χ0n) is 13.4. The molecule has 27 heavy (non-hydrogen) atoms. The Hall–Kier alpha value is -2.11. The molecule has 2 rings (SSSR count). The Morgan fingerprint density at radius 1 is 1.37 bits per heavy atom. The maximum Gasteiger partial charge on any atom is 0.393 e. The second-order valence-electron chi connectivity index (χ2n) is 5.76. The SMILES string of the molecule is Cl.O=C(CN1C[C@@H](C(F)(F)F)[C@H](C(=O)O)C1)Nc1ccc(Cl)c([N+](=O)[O-])c1. The number of hydrogen-bond acceptors (Lipinski definition) is 5. The van der Waals surface area contributed by atoms with Crippen LogP contribution in [0.2, 0.25) is 5.02 Å². The monoisotopic (exact) mass is 431 g/mol. The quantitative estimate of drug-likeness (QED) is 0.547. The van der Waals surface area contributed by atoms with Crippen LogP contribution in [0.15, 0.2) is 18.2 Å². The van der Waals surface area contributed by atoms with Crippen molar-refractivity contribution >= 4 is 47.3 Å². The predicted octanol–water partition coefficient (Wildman–Crippen LogP) is 2.80. The number of carbonyl (C=O) groups is 2. The van der Waals surface area contributed by atoms with Crippen molar-refractivity contribution in [2.45, 2.75) is 6.18 Å². The van der Waals surface area contributed by atoms with Crippen LogP contribution in [0.4, 0.5) is 24.5 Å². The van der Waals surface area contributed by atoms with Gasteiger partial charge in [0, 0.05) is 24.8 Å². The molecule has 0 aliphatic carbocycles. The molecule has 1 aliphatic rings. The van der Waals surface area contributed by atoms with E-state index in [2.05, 4.69) is 5.32 Å². The number of hydrogen-bond donors (Lipinski definition) is 2. The van der Waals surface area contributed by atoms with Crippen molar-refractivity contribution in [2.75, 3.05) is 25.0 Å². The number of nitrogens with one attached hydrogen (secondary N) is 1. The molecule has 1 amide bonds. The number of rotatable bonds is 5. The molecule has 0 aromatic heterocycles. The molecule has 2 N–H and O–H groups in total. The lowest BCUT2D eigenvalue weighted by atomic mass is 9.96. The van der Waals surface area contributed by atoms with Gasteiger partial charge in [0.2, 0.25) is 5.91 Å². The zero-order chi connectivity index (χ0) is 19.6. The third kappa shape index (κ3) is 5.68. The van der Waals surface area contributed by atoms with Crippen molar-refractivity contribution in [3.05, 3.63) is 33.3 Å². The molecule has 150 valence electrons. The van der Waals surface area contributed by atoms with E-state index < -0.39 is 60.1 Å². The molecular formula is C14H14Cl2F3N3O5. The minimum Gasteiger partial charge on any atom is -0.481 e. The summed E-state index contributed by atoms with van der Waals surface area (Å²) in [5, 5.41) is 21.9. The molecule has 13 heteroatoms. The highest BCUT2D eigenvalue weighted by Gasteiger charge is 2.52. The molecular weight excluding hydrogens is 418 g/mol. The van der Waals surface area contributed by atoms with Crippen LogP contribution in [-0.2, 0) is 9.59 Å². The maximum atomic E-state index is 12.9. The minimum atomic E-state index is -4.69. The number of anilines is 1. The summed E-state index contributed by atoms with van der Waals surface area (Å²) in [6.07, 6.45) is -4.69. The predicted molar refractivity (Wildman–Crippen MR) is 91.1 cm³/mol. The van der Waals surface area contributed by atoms with Gasteiger partial charge in [-0.25, -0.2) is 0 Å². The first-order valence-corrected chi connectivity index (χ1v) is 7.62. The molecule has 0 unspecified atom stereocenters. The van der Waals surface area contributed by atoms with E-state index in [1.165, 1.54) is 12.1 Å². The molecule has 1 saturated heterocycles. The van der Waals surface area contributed by atoms with Gasteiger partial charge < -0.3 is 10.4 Å². The second-order valence-corrected chi connectivity index (χ2v) is 6.17. The molecule has 1 heterocycles. The molecule has 1 aromatic carbocycles. The summed E-state index contributed by atoms with van der Waals surface area (Å²) in [6.45, 7) is -1.52. The summed E-state index contributed by atoms with van der Waals surface area (Å²) >= 11 is 5.64. The summed E-state index contributed by atoms with van der Waals surface area (Å²) in [7, 11) is 0. The summed E-state index contributed by atoms with van der Waals surface area (Å²) in [5.41, 5.74) is -0.388. The highest BCUT2D eigenvalue weighted by molar-refractivity contribution is 6.32. The lowest BCUT2D eigenvalue weighted by molar-refractivity contribution is -0.384. The van der Waals surface area contributed by atoms with Crippen molar-refractivity contribution in [1.29, 1.82) is 0 Å². The summed E-state index contributed by atoms with van der Waals surface area (Å²) in [5.74, 6) is -6.03. The number of nitro benzene ring substituents is 1. The van der Waals surface area contributed by atoms with Crippen LogP contribution >= 0.6 is 24.0 Å². The largest absolute Gasteiger partial charge is 0.481 e. The van der Waals surface area contributed by atoms with Crippen LogP contribution in [0, 0.1) is 22.0 Å². The van der Waals surface area contributed by atoms with E-state index in [0.717, 1.165) is 11.0 Å². The van der Waals surface area contributed by atoms with Crippen molar-refractivity contribution in [2.24, 2.45) is 11.8 Å². The number of benzene rings is 1. The van der Waals surface area contributed by atoms with Crippen LogP contribution in [0.3, 0.4) is 0 Å². The Morgan fingerprint density at radius 3 is 2.48 bits per heavy atom. The van der Waals surface area contributed by atoms with E-state index >= 15 is 0 Å². The van der Waals surface area contributed by atoms with Crippen molar-refractivity contribution in [3.8, 4) is 0 Å². The van der Waals surface area contributed by atoms with Crippen molar-refractivity contribution in [3.63, 3.8) is 0 Å². The number of carboxylic acid groups (broad SMARTS) is 1. The number of nitrogens with zero attached hydrogens (tertiary/aromatic N) is 2. The van der Waals surface area contributed by atoms with Gasteiger partial charge in [-0.05, 0) is 12.1 Å². The van der Waals surface area contributed by atoms with Gasteiger partial charge in [0.05, 0.1) is 23.3 Å². The molecule has 0 bridgehead atoms. The molecule has 1 fully saturated rings. The van der Waals surface area contributed by atoms with Gasteiger partial charge in [-0.3, -0.25) is 24.6 Å². The van der Waals surface area contributed by atoms with Crippen LogP contribution in [0.5, 0.6) is 0 Å². The number of nitro groups is 1. The third-order valence-corrected chi connectivity index (χ3v) is 4.25. The highest BCUT2D eigenvalue weighted by atomic mass is 35.5. The van der Waals surface area contributed by atoms with E-state index in [1.54, 1.807) is 0 Å². The molecule has 2 atom stereocenters. The van der Waals surface area contributed by atoms with E-state index in [9.17, 15) is 32.9 Å². The van der Waals surface area contributed by atoms with Crippen molar-refractivity contribution in [1.82, 2.24) is 4.90 Å². The Bertz CT molecular complexity index is 747. The normalized spacial score (nSPS) is 20.0. The van der Waals surface area contributed by atoms with E-state index in [0.29, 0.717) is 0 Å². The molecule has 0 radical (unpaired) electrons. The molecule has 0 saturated carbocycles. The number of amides is 1. The average Bonchev–Trinajstić information content (AvgIpc) is 2.93. The Labute approximate surface area is 161 Å². The van der Waals surface area contributed by atoms with Gasteiger partial charge in [0.25, 0.3) is 5.69 Å². The number of halogens is 5. The molecule has 1 aliphatic heterocycles. The zero-order valence-corrected chi connectivity index (χ0v) is 15.0. The topological polar surface area (TPSA) is 113 Å². The molecule has 0 spiro atoms. The van der Waals surface area contributed by atoms with Gasteiger partial charge in [-0.2, -0.15) is 13.2 Å². The van der Waals surface area contributed by atoms with Crippen LogP contribution in [-0.4, -0.2) is 52.6 Å². The van der Waals surface area contributed by atoms with Gasteiger partial charge in [0.15, 0.2) is 0 Å². The summed E-state index contributed by atoms with van der Waals surface area (Å²) in [4.78, 5) is 34.1. The number of carbonyl (C=O) groups excluding carboxylic acids is 1. The lowest BCUT2D eigenvalue weighted by Crippen LogP contribution is -2.34. The maximum absolute atomic E-state index is 12.9. The molecule has 8 nitrogen and oxygen atoms in total. The highest BCUT2D eigenvalue weighted by Crippen LogP contribution is 2.37. The van der Waals surface area contributed by atoms with E-state index in [4.69, 9.17) is 16.7 Å². The fraction of sp³-hybridized carbons (Fsp3) is 0.429. The number of carboxylic acids is 1. The number of alkyl halides is 3. The van der Waals surface area contributed by atoms with Crippen molar-refractivity contribution < 1.29 is 32.8 Å². The van der Waals surface area contributed by atoms with Crippen LogP contribution in [0.25, 0.3) is 0 Å². The summed E-state index contributed by atoms with van der Waals surface area (Å²) < 4.78 is 38.8. The Morgan fingerprint density at radius 2 is 2.00 bits per heavy atom. The Kier molecular flexibility index (Phi) is 7.40. The van der Waals surface area contributed by atoms with Crippen LogP contribution in [0.1, 0.15) is 0 Å². The lowest BCUT2D eigenvalue weighted by Gasteiger charge is -2.18. The van der Waals surface area contributed by atoms with Gasteiger partial charge in [-0.1, -0.05) is 11.6 Å². The molecule has 1 aromatic rings.